The molecular weight excluding hydrogens is 566 g/mol. The van der Waals surface area contributed by atoms with Gasteiger partial charge >= 0.3 is 6.09 Å². The average Bonchev–Trinajstić information content (AvgIpc) is 3.81. The molecule has 9 nitrogen and oxygen atoms in total. The lowest BCUT2D eigenvalue weighted by Gasteiger charge is -2.30. The largest absolute Gasteiger partial charge is 0.465 e. The molecule has 230 valence electrons. The van der Waals surface area contributed by atoms with E-state index < -0.39 is 12.1 Å². The highest BCUT2D eigenvalue weighted by Gasteiger charge is 2.37. The molecule has 0 spiro atoms. The van der Waals surface area contributed by atoms with Gasteiger partial charge in [-0.15, -0.1) is 0 Å². The summed E-state index contributed by atoms with van der Waals surface area (Å²) in [6.45, 7) is 6.52. The average molecular weight is 604 g/mol. The molecule has 2 aliphatic rings. The zero-order valence-corrected chi connectivity index (χ0v) is 25.9. The maximum Gasteiger partial charge on any atom is 0.407 e. The van der Waals surface area contributed by atoms with Gasteiger partial charge in [-0.05, 0) is 61.6 Å². The number of nitrogens with one attached hydrogen (secondary N) is 2. The summed E-state index contributed by atoms with van der Waals surface area (Å²) >= 11 is 0. The minimum Gasteiger partial charge on any atom is -0.465 e. The highest BCUT2D eigenvalue weighted by molar-refractivity contribution is 5.92. The normalized spacial score (nSPS) is 17.9. The Bertz CT molecular complexity index is 1890. The molecule has 3 aromatic carbocycles. The van der Waals surface area contributed by atoms with Crippen LogP contribution in [0.1, 0.15) is 55.9 Å². The molecular formula is C36H37N5O4. The molecule has 2 aromatic heterocycles. The molecule has 2 aliphatic heterocycles. The van der Waals surface area contributed by atoms with Crippen molar-refractivity contribution in [1.29, 1.82) is 0 Å². The molecule has 4 heterocycles. The van der Waals surface area contributed by atoms with Gasteiger partial charge in [0.05, 0.1) is 36.3 Å². The van der Waals surface area contributed by atoms with Gasteiger partial charge in [0.2, 0.25) is 12.1 Å². The molecule has 5 aromatic rings. The second-order valence-corrected chi connectivity index (χ2v) is 12.3. The number of methoxy groups -OCH3 is 1. The number of alkyl carbamates (subject to hydrolysis) is 1. The van der Waals surface area contributed by atoms with E-state index in [4.69, 9.17) is 14.5 Å². The molecule has 0 aliphatic carbocycles. The van der Waals surface area contributed by atoms with Crippen molar-refractivity contribution in [2.24, 2.45) is 5.92 Å². The zero-order valence-electron chi connectivity index (χ0n) is 25.9. The molecule has 3 unspecified atom stereocenters. The number of aromatic amines is 1. The Morgan fingerprint density at radius 2 is 1.89 bits per heavy atom. The van der Waals surface area contributed by atoms with Crippen molar-refractivity contribution in [3.63, 3.8) is 0 Å². The molecule has 9 heteroatoms. The molecule has 0 saturated carbocycles. The standard InChI is InChI=1S/C36H37N5O4/c1-21(2)32(39-36(43)44-4)34(42)40-16-8-11-29(40)33-37-20-27(38-33)24-13-15-28-25(18-24)19-30-26-14-12-22(3)17-31(26)45-35(41(28)30)23-9-6-5-7-10-23/h5-7,9-10,12-15,17-21,29,32,35H,8,11,16H2,1-4H3,(H,37,38)(H,39,43). The summed E-state index contributed by atoms with van der Waals surface area (Å²) in [6.07, 6.45) is 2.61. The van der Waals surface area contributed by atoms with E-state index in [0.717, 1.165) is 69.0 Å². The van der Waals surface area contributed by atoms with Gasteiger partial charge in [0.1, 0.15) is 17.6 Å². The molecule has 3 atom stereocenters. The number of H-pyrrole nitrogens is 1. The van der Waals surface area contributed by atoms with E-state index in [1.165, 1.54) is 7.11 Å². The number of aryl methyl sites for hydroxylation is 1. The number of imidazole rings is 1. The number of hydrogen-bond acceptors (Lipinski definition) is 5. The Labute approximate surface area is 262 Å². The SMILES string of the molecule is COC(=O)NC(C(=O)N1CCCC1c1ncc(-c2ccc3c(c2)cc2n3C(c3ccccc3)Oc3cc(C)ccc3-2)[nH]1)C(C)C. The second-order valence-electron chi connectivity index (χ2n) is 12.3. The van der Waals surface area contributed by atoms with Gasteiger partial charge in [-0.25, -0.2) is 9.78 Å². The maximum atomic E-state index is 13.6. The van der Waals surface area contributed by atoms with Gasteiger partial charge in [0.15, 0.2) is 0 Å². The van der Waals surface area contributed by atoms with Crippen molar-refractivity contribution in [3.8, 4) is 28.3 Å². The van der Waals surface area contributed by atoms with Gasteiger partial charge < -0.3 is 29.2 Å². The van der Waals surface area contributed by atoms with Crippen LogP contribution in [-0.2, 0) is 9.53 Å². The Hall–Kier alpha value is -5.05. The fraction of sp³-hybridized carbons (Fsp3) is 0.306. The number of ether oxygens (including phenoxy) is 2. The van der Waals surface area contributed by atoms with Gasteiger partial charge in [0, 0.05) is 28.6 Å². The third-order valence-corrected chi connectivity index (χ3v) is 8.96. The lowest BCUT2D eigenvalue weighted by molar-refractivity contribution is -0.135. The smallest absolute Gasteiger partial charge is 0.407 e. The fourth-order valence-corrected chi connectivity index (χ4v) is 6.66. The van der Waals surface area contributed by atoms with E-state index in [1.807, 2.05) is 43.1 Å². The number of fused-ring (bicyclic) bond motifs is 5. The number of amides is 2. The van der Waals surface area contributed by atoms with Crippen LogP contribution in [0.3, 0.4) is 0 Å². The molecule has 45 heavy (non-hydrogen) atoms. The Balaban J connectivity index is 1.22. The van der Waals surface area contributed by atoms with Crippen molar-refractivity contribution in [1.82, 2.24) is 24.8 Å². The lowest BCUT2D eigenvalue weighted by atomic mass is 10.0. The van der Waals surface area contributed by atoms with Crippen molar-refractivity contribution < 1.29 is 19.1 Å². The summed E-state index contributed by atoms with van der Waals surface area (Å²) in [4.78, 5) is 35.6. The monoisotopic (exact) mass is 603 g/mol. The fourth-order valence-electron chi connectivity index (χ4n) is 6.66. The first-order chi connectivity index (χ1) is 21.8. The van der Waals surface area contributed by atoms with Crippen LogP contribution < -0.4 is 10.1 Å². The topological polar surface area (TPSA) is 101 Å². The van der Waals surface area contributed by atoms with E-state index in [0.29, 0.717) is 6.54 Å². The highest BCUT2D eigenvalue weighted by atomic mass is 16.5. The van der Waals surface area contributed by atoms with Crippen molar-refractivity contribution in [3.05, 3.63) is 95.9 Å². The third kappa shape index (κ3) is 5.12. The van der Waals surface area contributed by atoms with Crippen LogP contribution in [0.2, 0.25) is 0 Å². The Morgan fingerprint density at radius 1 is 1.07 bits per heavy atom. The van der Waals surface area contributed by atoms with Crippen LogP contribution in [0.25, 0.3) is 33.4 Å². The van der Waals surface area contributed by atoms with Gasteiger partial charge in [-0.1, -0.05) is 56.3 Å². The molecule has 0 bridgehead atoms. The molecule has 1 fully saturated rings. The maximum absolute atomic E-state index is 13.6. The van der Waals surface area contributed by atoms with Crippen molar-refractivity contribution in [2.45, 2.75) is 51.9 Å². The van der Waals surface area contributed by atoms with Crippen LogP contribution in [0.4, 0.5) is 4.79 Å². The summed E-state index contributed by atoms with van der Waals surface area (Å²) < 4.78 is 13.7. The van der Waals surface area contributed by atoms with Gasteiger partial charge in [-0.3, -0.25) is 4.79 Å². The number of likely N-dealkylation sites (tertiary alicyclic amines) is 1. The molecule has 1 saturated heterocycles. The van der Waals surface area contributed by atoms with Crippen LogP contribution in [-0.4, -0.2) is 51.1 Å². The van der Waals surface area contributed by atoms with Crippen LogP contribution >= 0.6 is 0 Å². The van der Waals surface area contributed by atoms with Crippen LogP contribution in [0.15, 0.2) is 79.0 Å². The predicted octanol–water partition coefficient (Wildman–Crippen LogP) is 6.99. The van der Waals surface area contributed by atoms with Crippen molar-refractivity contribution in [2.75, 3.05) is 13.7 Å². The van der Waals surface area contributed by atoms with E-state index in [1.54, 1.807) is 0 Å². The molecule has 2 N–H and O–H groups in total. The van der Waals surface area contributed by atoms with E-state index in [-0.39, 0.29) is 24.1 Å². The number of aromatic nitrogens is 3. The summed E-state index contributed by atoms with van der Waals surface area (Å²) in [6, 6.07) is 24.5. The van der Waals surface area contributed by atoms with Gasteiger partial charge in [-0.2, -0.15) is 0 Å². The summed E-state index contributed by atoms with van der Waals surface area (Å²) in [5.41, 5.74) is 7.40. The predicted molar refractivity (Wildman–Crippen MR) is 173 cm³/mol. The van der Waals surface area contributed by atoms with Crippen LogP contribution in [0, 0.1) is 12.8 Å². The Kier molecular flexibility index (Phi) is 7.31. The minimum absolute atomic E-state index is 0.0899. The lowest BCUT2D eigenvalue weighted by Crippen LogP contribution is -2.51. The van der Waals surface area contributed by atoms with E-state index in [9.17, 15) is 9.59 Å². The van der Waals surface area contributed by atoms with E-state index in [2.05, 4.69) is 76.4 Å². The highest BCUT2D eigenvalue weighted by Crippen LogP contribution is 2.45. The second kappa shape index (κ2) is 11.5. The minimum atomic E-state index is -0.673. The Morgan fingerprint density at radius 3 is 2.67 bits per heavy atom. The number of hydrogen-bond donors (Lipinski definition) is 2. The number of carbonyl (C=O) groups excluding carboxylic acids is 2. The number of carbonyl (C=O) groups is 2. The number of rotatable bonds is 6. The molecule has 2 amide bonds. The summed E-state index contributed by atoms with van der Waals surface area (Å²) in [7, 11) is 1.30. The molecule has 7 rings (SSSR count). The number of benzene rings is 3. The van der Waals surface area contributed by atoms with Crippen molar-refractivity contribution >= 4 is 22.9 Å². The quantitative estimate of drug-likeness (QED) is 0.218. The zero-order chi connectivity index (χ0) is 31.2. The first-order valence-corrected chi connectivity index (χ1v) is 15.5. The van der Waals surface area contributed by atoms with E-state index >= 15 is 0 Å². The van der Waals surface area contributed by atoms with Crippen LogP contribution in [0.5, 0.6) is 5.75 Å². The summed E-state index contributed by atoms with van der Waals surface area (Å²) in [5.74, 6) is 1.42. The third-order valence-electron chi connectivity index (χ3n) is 8.96. The molecule has 0 radical (unpaired) electrons. The van der Waals surface area contributed by atoms with Gasteiger partial charge in [0.25, 0.3) is 0 Å². The number of nitrogens with zero attached hydrogens (tertiary/aromatic N) is 3. The first kappa shape index (κ1) is 28.7. The summed E-state index contributed by atoms with van der Waals surface area (Å²) in [5, 5.41) is 3.81. The first-order valence-electron chi connectivity index (χ1n) is 15.5.